The van der Waals surface area contributed by atoms with Gasteiger partial charge in [-0.1, -0.05) is 12.1 Å². The summed E-state index contributed by atoms with van der Waals surface area (Å²) in [4.78, 5) is 25.4. The molecule has 2 heterocycles. The molecule has 0 fully saturated rings. The average Bonchev–Trinajstić information content (AvgIpc) is 3.60. The summed E-state index contributed by atoms with van der Waals surface area (Å²) in [6, 6.07) is 15.0. The largest absolute Gasteiger partial charge is 0.497 e. The Morgan fingerprint density at radius 2 is 1.89 bits per heavy atom. The van der Waals surface area contributed by atoms with Crippen LogP contribution in [0.2, 0.25) is 0 Å². The van der Waals surface area contributed by atoms with Crippen LogP contribution in [0.1, 0.15) is 37.2 Å². The molecule has 0 aliphatic carbocycles. The van der Waals surface area contributed by atoms with Crippen LogP contribution in [-0.4, -0.2) is 75.9 Å². The van der Waals surface area contributed by atoms with E-state index in [1.807, 2.05) is 16.8 Å². The zero-order valence-corrected chi connectivity index (χ0v) is 27.2. The van der Waals surface area contributed by atoms with Crippen molar-refractivity contribution in [3.63, 3.8) is 0 Å². The van der Waals surface area contributed by atoms with Gasteiger partial charge in [-0.05, 0) is 77.7 Å². The molecule has 3 aromatic rings. The molecule has 0 radical (unpaired) electrons. The van der Waals surface area contributed by atoms with Crippen molar-refractivity contribution < 1.29 is 37.3 Å². The summed E-state index contributed by atoms with van der Waals surface area (Å²) in [6.07, 6.45) is 2.81. The highest BCUT2D eigenvalue weighted by atomic mass is 32.2. The SMILES string of the molecule is COc1ccc(S(=O)(=O)N(CCO)CCO[C@H]2C[C@@H](c3ccsc3)C=C(C(=O)NCCCCC(=O)Nc3ccccc3N)O2)cc1. The Hall–Kier alpha value is -3.95. The molecule has 0 saturated heterocycles. The monoisotopic (exact) mass is 672 g/mol. The molecule has 2 aromatic carbocycles. The number of nitrogens with one attached hydrogen (secondary N) is 2. The summed E-state index contributed by atoms with van der Waals surface area (Å²) in [7, 11) is -2.41. The second kappa shape index (κ2) is 17.1. The summed E-state index contributed by atoms with van der Waals surface area (Å²) in [6.45, 7) is -0.199. The van der Waals surface area contributed by atoms with Crippen molar-refractivity contribution in [1.29, 1.82) is 0 Å². The van der Waals surface area contributed by atoms with Crippen molar-refractivity contribution in [3.8, 4) is 5.75 Å². The number of aliphatic hydroxyl groups is 1. The van der Waals surface area contributed by atoms with E-state index in [2.05, 4.69) is 10.6 Å². The van der Waals surface area contributed by atoms with Crippen LogP contribution in [-0.2, 0) is 29.1 Å². The normalized spacial score (nSPS) is 16.4. The van der Waals surface area contributed by atoms with Crippen LogP contribution in [0, 0.1) is 0 Å². The predicted molar refractivity (Wildman–Crippen MR) is 176 cm³/mol. The fraction of sp³-hybridized carbons (Fsp3) is 0.375. The number of sulfonamides is 1. The molecule has 46 heavy (non-hydrogen) atoms. The number of unbranched alkanes of at least 4 members (excludes halogenated alkanes) is 1. The van der Waals surface area contributed by atoms with Crippen molar-refractivity contribution in [2.24, 2.45) is 0 Å². The lowest BCUT2D eigenvalue weighted by Crippen LogP contribution is -2.38. The van der Waals surface area contributed by atoms with Crippen LogP contribution in [0.4, 0.5) is 11.4 Å². The van der Waals surface area contributed by atoms with Gasteiger partial charge in [0.1, 0.15) is 5.75 Å². The van der Waals surface area contributed by atoms with Gasteiger partial charge in [-0.2, -0.15) is 15.6 Å². The fourth-order valence-electron chi connectivity index (χ4n) is 4.81. The van der Waals surface area contributed by atoms with E-state index in [-0.39, 0.29) is 55.2 Å². The predicted octanol–water partition coefficient (Wildman–Crippen LogP) is 3.68. The molecule has 2 amide bonds. The maximum absolute atomic E-state index is 13.2. The number of amides is 2. The molecule has 4 rings (SSSR count). The molecule has 5 N–H and O–H groups in total. The minimum Gasteiger partial charge on any atom is -0.497 e. The van der Waals surface area contributed by atoms with Crippen molar-refractivity contribution >= 4 is 44.5 Å². The third-order valence-corrected chi connectivity index (χ3v) is 9.91. The number of carbonyl (C=O) groups is 2. The van der Waals surface area contributed by atoms with Crippen LogP contribution in [0.25, 0.3) is 0 Å². The number of thiophene rings is 1. The third-order valence-electron chi connectivity index (χ3n) is 7.29. The van der Waals surface area contributed by atoms with E-state index >= 15 is 0 Å². The van der Waals surface area contributed by atoms with Gasteiger partial charge in [0.05, 0.1) is 36.6 Å². The second-order valence-electron chi connectivity index (χ2n) is 10.5. The van der Waals surface area contributed by atoms with Crippen molar-refractivity contribution in [1.82, 2.24) is 9.62 Å². The van der Waals surface area contributed by atoms with Gasteiger partial charge in [0.15, 0.2) is 5.76 Å². The standard InChI is InChI=1S/C32H40N4O8S2/c1-42-25-9-11-26(12-10-25)46(40,41)36(15-17-37)16-18-43-31-21-24(23-13-19-45-22-23)20-29(44-31)32(39)34-14-5-4-8-30(38)35-28-7-3-2-6-27(28)33/h2-3,6-7,9-13,19-20,22,24,31,37H,4-5,8,14-18,21,33H2,1H3,(H,34,39)(H,35,38)/t24-,31+/m0/s1. The summed E-state index contributed by atoms with van der Waals surface area (Å²) in [5.41, 5.74) is 7.95. The van der Waals surface area contributed by atoms with Gasteiger partial charge in [0.25, 0.3) is 5.91 Å². The molecule has 0 spiro atoms. The summed E-state index contributed by atoms with van der Waals surface area (Å²) >= 11 is 1.54. The Bertz CT molecular complexity index is 1560. The molecule has 1 aliphatic heterocycles. The first kappa shape index (κ1) is 34.9. The van der Waals surface area contributed by atoms with Gasteiger partial charge < -0.3 is 35.7 Å². The number of ether oxygens (including phenoxy) is 3. The number of hydrogen-bond acceptors (Lipinski definition) is 10. The minimum atomic E-state index is -3.91. The van der Waals surface area contributed by atoms with E-state index in [4.69, 9.17) is 19.9 Å². The Morgan fingerprint density at radius 1 is 1.11 bits per heavy atom. The number of methoxy groups -OCH3 is 1. The molecule has 1 aliphatic rings. The van der Waals surface area contributed by atoms with Crippen molar-refractivity contribution in [2.45, 2.75) is 42.8 Å². The zero-order chi connectivity index (χ0) is 32.9. The van der Waals surface area contributed by atoms with Crippen LogP contribution in [0.15, 0.2) is 82.1 Å². The summed E-state index contributed by atoms with van der Waals surface area (Å²) in [5, 5.41) is 19.1. The van der Waals surface area contributed by atoms with E-state index in [0.29, 0.717) is 42.9 Å². The van der Waals surface area contributed by atoms with Gasteiger partial charge in [-0.3, -0.25) is 9.59 Å². The van der Waals surface area contributed by atoms with Gasteiger partial charge in [0.2, 0.25) is 22.2 Å². The van der Waals surface area contributed by atoms with Crippen LogP contribution >= 0.6 is 11.3 Å². The summed E-state index contributed by atoms with van der Waals surface area (Å²) in [5.74, 6) is -0.0653. The molecule has 0 saturated carbocycles. The first-order chi connectivity index (χ1) is 22.2. The lowest BCUT2D eigenvalue weighted by Gasteiger charge is -2.30. The van der Waals surface area contributed by atoms with Gasteiger partial charge in [-0.25, -0.2) is 8.42 Å². The van der Waals surface area contributed by atoms with Gasteiger partial charge in [0, 0.05) is 38.4 Å². The first-order valence-electron chi connectivity index (χ1n) is 14.9. The van der Waals surface area contributed by atoms with Gasteiger partial charge >= 0.3 is 0 Å². The highest BCUT2D eigenvalue weighted by Gasteiger charge is 2.30. The number of nitrogens with two attached hydrogens (primary N) is 1. The number of para-hydroxylation sites is 2. The number of aliphatic hydroxyl groups excluding tert-OH is 1. The van der Waals surface area contributed by atoms with E-state index in [9.17, 15) is 23.1 Å². The molecular formula is C32H40N4O8S2. The number of nitrogens with zero attached hydrogens (tertiary/aromatic N) is 1. The number of nitrogen functional groups attached to an aromatic ring is 1. The smallest absolute Gasteiger partial charge is 0.286 e. The molecular weight excluding hydrogens is 633 g/mol. The molecule has 1 aromatic heterocycles. The van der Waals surface area contributed by atoms with E-state index < -0.39 is 22.2 Å². The van der Waals surface area contributed by atoms with Crippen LogP contribution < -0.4 is 21.1 Å². The number of benzene rings is 2. The van der Waals surface area contributed by atoms with Crippen LogP contribution in [0.5, 0.6) is 5.75 Å². The van der Waals surface area contributed by atoms with E-state index in [1.54, 1.807) is 53.8 Å². The number of carbonyl (C=O) groups excluding carboxylic acids is 2. The molecule has 2 atom stereocenters. The molecule has 12 nitrogen and oxygen atoms in total. The average molecular weight is 673 g/mol. The van der Waals surface area contributed by atoms with E-state index in [0.717, 1.165) is 9.87 Å². The summed E-state index contributed by atoms with van der Waals surface area (Å²) < 4.78 is 44.6. The number of anilines is 2. The Labute approximate surface area is 273 Å². The Morgan fingerprint density at radius 3 is 2.59 bits per heavy atom. The highest BCUT2D eigenvalue weighted by molar-refractivity contribution is 7.89. The van der Waals surface area contributed by atoms with E-state index in [1.165, 1.54) is 19.2 Å². The first-order valence-corrected chi connectivity index (χ1v) is 17.3. The Balaban J connectivity index is 1.29. The number of allylic oxidation sites excluding steroid dienone is 1. The number of rotatable bonds is 17. The molecule has 0 bridgehead atoms. The molecule has 14 heteroatoms. The van der Waals surface area contributed by atoms with Crippen molar-refractivity contribution in [3.05, 3.63) is 82.8 Å². The van der Waals surface area contributed by atoms with Gasteiger partial charge in [-0.15, -0.1) is 0 Å². The third kappa shape index (κ3) is 9.77. The minimum absolute atomic E-state index is 0.0258. The fourth-order valence-corrected chi connectivity index (χ4v) is 6.95. The lowest BCUT2D eigenvalue weighted by molar-refractivity contribution is -0.146. The molecule has 0 unspecified atom stereocenters. The quantitative estimate of drug-likeness (QED) is 0.123. The maximum atomic E-state index is 13.2. The van der Waals surface area contributed by atoms with Crippen LogP contribution in [0.3, 0.4) is 0 Å². The molecule has 248 valence electrons. The second-order valence-corrected chi connectivity index (χ2v) is 13.2. The maximum Gasteiger partial charge on any atom is 0.286 e. The Kier molecular flexibility index (Phi) is 13.0. The lowest BCUT2D eigenvalue weighted by atomic mass is 9.95. The zero-order valence-electron chi connectivity index (χ0n) is 25.6. The number of hydrogen-bond donors (Lipinski definition) is 4. The highest BCUT2D eigenvalue weighted by Crippen LogP contribution is 2.32. The topological polar surface area (TPSA) is 170 Å². The van der Waals surface area contributed by atoms with Crippen molar-refractivity contribution in [2.75, 3.05) is 51.0 Å².